The van der Waals surface area contributed by atoms with E-state index in [1.807, 2.05) is 27.7 Å². The van der Waals surface area contributed by atoms with Crippen LogP contribution in [0.4, 0.5) is 0 Å². The summed E-state index contributed by atoms with van der Waals surface area (Å²) in [5.41, 5.74) is 0.681. The summed E-state index contributed by atoms with van der Waals surface area (Å²) in [6.45, 7) is 13.0. The average molecular weight is 266 g/mol. The van der Waals surface area contributed by atoms with Gasteiger partial charge in [0, 0.05) is 12.0 Å². The average Bonchev–Trinajstić information content (AvgIpc) is 2.59. The number of aromatic nitrogens is 1. The van der Waals surface area contributed by atoms with Crippen molar-refractivity contribution >= 4 is 5.91 Å². The maximum absolute atomic E-state index is 11.8. The molecular formula is C15H26N2O2. The van der Waals surface area contributed by atoms with Crippen molar-refractivity contribution in [2.75, 3.05) is 6.54 Å². The van der Waals surface area contributed by atoms with Crippen molar-refractivity contribution < 1.29 is 9.21 Å². The Hall–Kier alpha value is -1.32. The molecule has 0 aliphatic heterocycles. The first-order valence-corrected chi connectivity index (χ1v) is 6.93. The zero-order valence-corrected chi connectivity index (χ0v) is 13.0. The van der Waals surface area contributed by atoms with Crippen LogP contribution >= 0.6 is 0 Å². The summed E-state index contributed by atoms with van der Waals surface area (Å²) >= 11 is 0. The molecule has 0 fully saturated rings. The summed E-state index contributed by atoms with van der Waals surface area (Å²) in [7, 11) is 0. The van der Waals surface area contributed by atoms with Crippen molar-refractivity contribution in [2.24, 2.45) is 5.92 Å². The van der Waals surface area contributed by atoms with Crippen LogP contribution in [0.1, 0.15) is 58.4 Å². The minimum atomic E-state index is -0.128. The fraction of sp³-hybridized carbons (Fsp3) is 0.733. The standard InChI is InChI=1S/C15H26N2O2/c1-10(2)7-8-16-13(18)9-12-11(3)17-14(19-12)15(4,5)6/h10H,7-9H2,1-6H3,(H,16,18). The zero-order chi connectivity index (χ0) is 14.6. The molecule has 19 heavy (non-hydrogen) atoms. The maximum atomic E-state index is 11.8. The van der Waals surface area contributed by atoms with E-state index in [1.54, 1.807) is 0 Å². The Labute approximate surface area is 116 Å². The molecule has 0 saturated heterocycles. The number of rotatable bonds is 5. The summed E-state index contributed by atoms with van der Waals surface area (Å²) in [6.07, 6.45) is 1.27. The van der Waals surface area contributed by atoms with E-state index in [0.717, 1.165) is 18.7 Å². The largest absolute Gasteiger partial charge is 0.444 e. The van der Waals surface area contributed by atoms with Crippen molar-refractivity contribution in [2.45, 2.75) is 59.8 Å². The molecule has 1 N–H and O–H groups in total. The fourth-order valence-corrected chi connectivity index (χ4v) is 1.62. The normalized spacial score (nSPS) is 11.9. The van der Waals surface area contributed by atoms with Crippen LogP contribution in [0.2, 0.25) is 0 Å². The molecule has 108 valence electrons. The number of amides is 1. The molecule has 4 heteroatoms. The molecule has 0 saturated carbocycles. The van der Waals surface area contributed by atoms with Gasteiger partial charge < -0.3 is 9.73 Å². The number of oxazole rings is 1. The number of aryl methyl sites for hydroxylation is 1. The summed E-state index contributed by atoms with van der Waals surface area (Å²) in [4.78, 5) is 16.2. The topological polar surface area (TPSA) is 55.1 Å². The second-order valence-electron chi connectivity index (χ2n) is 6.49. The van der Waals surface area contributed by atoms with E-state index in [-0.39, 0.29) is 17.7 Å². The Bertz CT molecular complexity index is 428. The van der Waals surface area contributed by atoms with Gasteiger partial charge in [0.25, 0.3) is 0 Å². The van der Waals surface area contributed by atoms with Crippen LogP contribution in [0.5, 0.6) is 0 Å². The molecule has 4 nitrogen and oxygen atoms in total. The van der Waals surface area contributed by atoms with Gasteiger partial charge in [-0.1, -0.05) is 34.6 Å². The van der Waals surface area contributed by atoms with Gasteiger partial charge >= 0.3 is 0 Å². The van der Waals surface area contributed by atoms with Crippen molar-refractivity contribution in [1.29, 1.82) is 0 Å². The highest BCUT2D eigenvalue weighted by Gasteiger charge is 2.23. The van der Waals surface area contributed by atoms with Crippen LogP contribution in [0, 0.1) is 12.8 Å². The van der Waals surface area contributed by atoms with Gasteiger partial charge in [0.05, 0.1) is 12.1 Å². The van der Waals surface area contributed by atoms with Crippen LogP contribution in [-0.2, 0) is 16.6 Å². The SMILES string of the molecule is Cc1nc(C(C)(C)C)oc1CC(=O)NCCC(C)C. The Morgan fingerprint density at radius 2 is 2.00 bits per heavy atom. The lowest BCUT2D eigenvalue weighted by Gasteiger charge is -2.12. The molecule has 1 amide bonds. The first-order chi connectivity index (χ1) is 8.70. The number of carbonyl (C=O) groups excluding carboxylic acids is 1. The predicted molar refractivity (Wildman–Crippen MR) is 76.1 cm³/mol. The molecule has 0 radical (unpaired) electrons. The molecule has 0 atom stereocenters. The van der Waals surface area contributed by atoms with Gasteiger partial charge in [0.1, 0.15) is 5.76 Å². The minimum absolute atomic E-state index is 0.000333. The van der Waals surface area contributed by atoms with E-state index in [2.05, 4.69) is 24.1 Å². The monoisotopic (exact) mass is 266 g/mol. The Morgan fingerprint density at radius 1 is 1.37 bits per heavy atom. The third kappa shape index (κ3) is 5.05. The minimum Gasteiger partial charge on any atom is -0.444 e. The van der Waals surface area contributed by atoms with Crippen molar-refractivity contribution in [3.05, 3.63) is 17.3 Å². The lowest BCUT2D eigenvalue weighted by Crippen LogP contribution is -2.26. The fourth-order valence-electron chi connectivity index (χ4n) is 1.62. The van der Waals surface area contributed by atoms with Gasteiger partial charge in [0.15, 0.2) is 5.89 Å². The molecule has 0 aromatic carbocycles. The van der Waals surface area contributed by atoms with E-state index in [4.69, 9.17) is 4.42 Å². The van der Waals surface area contributed by atoms with Crippen LogP contribution < -0.4 is 5.32 Å². The smallest absolute Gasteiger partial charge is 0.227 e. The molecule has 0 spiro atoms. The second kappa shape index (κ2) is 6.22. The maximum Gasteiger partial charge on any atom is 0.227 e. The number of hydrogen-bond acceptors (Lipinski definition) is 3. The van der Waals surface area contributed by atoms with Crippen LogP contribution in [0.25, 0.3) is 0 Å². The molecule has 1 aromatic rings. The summed E-state index contributed by atoms with van der Waals surface area (Å²) in [5.74, 6) is 1.96. The van der Waals surface area contributed by atoms with Gasteiger partial charge in [-0.25, -0.2) is 4.98 Å². The van der Waals surface area contributed by atoms with Crippen LogP contribution in [0.3, 0.4) is 0 Å². The highest BCUT2D eigenvalue weighted by Crippen LogP contribution is 2.23. The highest BCUT2D eigenvalue weighted by molar-refractivity contribution is 5.78. The Balaban J connectivity index is 2.57. The molecule has 0 unspecified atom stereocenters. The van der Waals surface area contributed by atoms with E-state index in [0.29, 0.717) is 17.6 Å². The van der Waals surface area contributed by atoms with Gasteiger partial charge in [-0.3, -0.25) is 4.79 Å². The first kappa shape index (κ1) is 15.7. The summed E-state index contributed by atoms with van der Waals surface area (Å²) < 4.78 is 5.70. The van der Waals surface area contributed by atoms with Gasteiger partial charge in [-0.05, 0) is 19.3 Å². The van der Waals surface area contributed by atoms with E-state index < -0.39 is 0 Å². The molecule has 1 heterocycles. The lowest BCUT2D eigenvalue weighted by atomic mass is 9.97. The third-order valence-corrected chi connectivity index (χ3v) is 2.90. The number of nitrogens with one attached hydrogen (secondary N) is 1. The van der Waals surface area contributed by atoms with E-state index in [1.165, 1.54) is 0 Å². The molecule has 0 aliphatic rings. The van der Waals surface area contributed by atoms with Gasteiger partial charge in [0.2, 0.25) is 5.91 Å². The number of hydrogen-bond donors (Lipinski definition) is 1. The Morgan fingerprint density at radius 3 is 2.47 bits per heavy atom. The van der Waals surface area contributed by atoms with Crippen LogP contribution in [0.15, 0.2) is 4.42 Å². The summed E-state index contributed by atoms with van der Waals surface area (Å²) in [6, 6.07) is 0. The lowest BCUT2D eigenvalue weighted by molar-refractivity contribution is -0.120. The quantitative estimate of drug-likeness (QED) is 0.891. The second-order valence-corrected chi connectivity index (χ2v) is 6.49. The molecule has 0 bridgehead atoms. The molecule has 0 aliphatic carbocycles. The number of carbonyl (C=O) groups is 1. The van der Waals surface area contributed by atoms with Crippen molar-refractivity contribution in [3.63, 3.8) is 0 Å². The number of nitrogens with zero attached hydrogens (tertiary/aromatic N) is 1. The molecule has 1 aromatic heterocycles. The van der Waals surface area contributed by atoms with Crippen molar-refractivity contribution in [1.82, 2.24) is 10.3 Å². The van der Waals surface area contributed by atoms with E-state index >= 15 is 0 Å². The third-order valence-electron chi connectivity index (χ3n) is 2.90. The summed E-state index contributed by atoms with van der Waals surface area (Å²) in [5, 5.41) is 2.91. The molecule has 1 rings (SSSR count). The van der Waals surface area contributed by atoms with Gasteiger partial charge in [-0.15, -0.1) is 0 Å². The van der Waals surface area contributed by atoms with Crippen LogP contribution in [-0.4, -0.2) is 17.4 Å². The zero-order valence-electron chi connectivity index (χ0n) is 13.0. The first-order valence-electron chi connectivity index (χ1n) is 6.93. The van der Waals surface area contributed by atoms with E-state index in [9.17, 15) is 4.79 Å². The van der Waals surface area contributed by atoms with Gasteiger partial charge in [-0.2, -0.15) is 0 Å². The molecular weight excluding hydrogens is 240 g/mol. The predicted octanol–water partition coefficient (Wildman–Crippen LogP) is 2.99. The highest BCUT2D eigenvalue weighted by atomic mass is 16.4. The Kier molecular flexibility index (Phi) is 5.15. The van der Waals surface area contributed by atoms with Crippen molar-refractivity contribution in [3.8, 4) is 0 Å².